The molecule has 2 rings (SSSR count). The van der Waals surface area contributed by atoms with Crippen molar-refractivity contribution in [2.24, 2.45) is 0 Å². The van der Waals surface area contributed by atoms with Crippen molar-refractivity contribution in [2.45, 2.75) is 51.9 Å². The molecule has 9 heteroatoms. The molecule has 2 heterocycles. The lowest BCUT2D eigenvalue weighted by Crippen LogP contribution is -2.39. The maximum atomic E-state index is 13.4. The molecule has 0 radical (unpaired) electrons. The van der Waals surface area contributed by atoms with Crippen LogP contribution in [0.1, 0.15) is 54.5 Å². The molecule has 6 nitrogen and oxygen atoms in total. The number of piperidine rings is 1. The Morgan fingerprint density at radius 3 is 2.46 bits per heavy atom. The highest BCUT2D eigenvalue weighted by atomic mass is 19.4. The Kier molecular flexibility index (Phi) is 6.68. The van der Waals surface area contributed by atoms with Gasteiger partial charge >= 0.3 is 6.18 Å². The summed E-state index contributed by atoms with van der Waals surface area (Å²) in [7, 11) is 1.46. The third kappa shape index (κ3) is 4.56. The van der Waals surface area contributed by atoms with Crippen LogP contribution in [0.15, 0.2) is 0 Å². The minimum absolute atomic E-state index is 0.133. The Morgan fingerprint density at radius 2 is 1.96 bits per heavy atom. The molecule has 148 valence electrons. The molecular weight excluding hydrogens is 349 g/mol. The van der Waals surface area contributed by atoms with Crippen LogP contribution in [0.25, 0.3) is 0 Å². The quantitative estimate of drug-likeness (QED) is 0.776. The zero-order valence-corrected chi connectivity index (χ0v) is 15.7. The van der Waals surface area contributed by atoms with Gasteiger partial charge in [0.25, 0.3) is 5.91 Å². The van der Waals surface area contributed by atoms with Crippen LogP contribution in [0, 0.1) is 6.92 Å². The lowest BCUT2D eigenvalue weighted by atomic mass is 10.0. The number of hydrogen-bond donors (Lipinski definition) is 1. The summed E-state index contributed by atoms with van der Waals surface area (Å²) in [5, 5.41) is 6.27. The number of methoxy groups -OCH3 is 1. The first-order chi connectivity index (χ1) is 12.2. The summed E-state index contributed by atoms with van der Waals surface area (Å²) in [5.41, 5.74) is -1.24. The Labute approximate surface area is 151 Å². The SMILES string of the molecule is COCCNC(=O)c1c(C(F)(F)F)nn(C2CCN(C(C)C)CC2)c1C. The van der Waals surface area contributed by atoms with Gasteiger partial charge < -0.3 is 15.0 Å². The van der Waals surface area contributed by atoms with E-state index in [1.165, 1.54) is 18.7 Å². The molecule has 0 spiro atoms. The number of hydrogen-bond acceptors (Lipinski definition) is 4. The van der Waals surface area contributed by atoms with Gasteiger partial charge in [-0.2, -0.15) is 18.3 Å². The minimum Gasteiger partial charge on any atom is -0.383 e. The molecule has 1 aliphatic heterocycles. The lowest BCUT2D eigenvalue weighted by Gasteiger charge is -2.35. The zero-order valence-electron chi connectivity index (χ0n) is 15.7. The van der Waals surface area contributed by atoms with Gasteiger partial charge in [0.2, 0.25) is 0 Å². The van der Waals surface area contributed by atoms with Crippen molar-refractivity contribution in [3.63, 3.8) is 0 Å². The van der Waals surface area contributed by atoms with Crippen molar-refractivity contribution in [2.75, 3.05) is 33.4 Å². The topological polar surface area (TPSA) is 59.4 Å². The first kappa shape index (κ1) is 20.7. The number of rotatable bonds is 6. The van der Waals surface area contributed by atoms with Crippen LogP contribution in [-0.2, 0) is 10.9 Å². The lowest BCUT2D eigenvalue weighted by molar-refractivity contribution is -0.142. The third-order valence-corrected chi connectivity index (χ3v) is 4.81. The van der Waals surface area contributed by atoms with Crippen molar-refractivity contribution >= 4 is 5.91 Å². The number of amides is 1. The summed E-state index contributed by atoms with van der Waals surface area (Å²) in [5.74, 6) is -0.766. The van der Waals surface area contributed by atoms with Gasteiger partial charge in [0.15, 0.2) is 5.69 Å². The number of nitrogens with zero attached hydrogens (tertiary/aromatic N) is 3. The van der Waals surface area contributed by atoms with Crippen LogP contribution in [0.4, 0.5) is 13.2 Å². The van der Waals surface area contributed by atoms with Crippen molar-refractivity contribution < 1.29 is 22.7 Å². The van der Waals surface area contributed by atoms with Gasteiger partial charge in [0.1, 0.15) is 0 Å². The van der Waals surface area contributed by atoms with E-state index in [9.17, 15) is 18.0 Å². The van der Waals surface area contributed by atoms with Crippen LogP contribution in [0.5, 0.6) is 0 Å². The van der Waals surface area contributed by atoms with Crippen molar-refractivity contribution in [1.82, 2.24) is 20.0 Å². The fraction of sp³-hybridized carbons (Fsp3) is 0.765. The summed E-state index contributed by atoms with van der Waals surface area (Å²) in [4.78, 5) is 14.6. The predicted molar refractivity (Wildman–Crippen MR) is 91.2 cm³/mol. The molecule has 0 unspecified atom stereocenters. The number of carbonyl (C=O) groups excluding carboxylic acids is 1. The highest BCUT2D eigenvalue weighted by Gasteiger charge is 2.41. The van der Waals surface area contributed by atoms with Crippen LogP contribution < -0.4 is 5.32 Å². The number of likely N-dealkylation sites (tertiary alicyclic amines) is 1. The fourth-order valence-corrected chi connectivity index (χ4v) is 3.35. The van der Waals surface area contributed by atoms with Gasteiger partial charge in [-0.3, -0.25) is 9.48 Å². The first-order valence-corrected chi connectivity index (χ1v) is 8.84. The standard InChI is InChI=1S/C17H27F3N4O2/c1-11(2)23-8-5-13(6-9-23)24-12(3)14(15(22-24)17(18,19)20)16(25)21-7-10-26-4/h11,13H,5-10H2,1-4H3,(H,21,25). The molecular formula is C17H27F3N4O2. The predicted octanol–water partition coefficient (Wildman–Crippen LogP) is 2.63. The smallest absolute Gasteiger partial charge is 0.383 e. The second kappa shape index (κ2) is 8.39. The number of nitrogens with one attached hydrogen (secondary N) is 1. The molecule has 0 atom stereocenters. The van der Waals surface area contributed by atoms with Gasteiger partial charge in [0.05, 0.1) is 18.2 Å². The summed E-state index contributed by atoms with van der Waals surface area (Å²) >= 11 is 0. The molecule has 26 heavy (non-hydrogen) atoms. The van der Waals surface area contributed by atoms with E-state index in [-0.39, 0.29) is 30.5 Å². The van der Waals surface area contributed by atoms with Gasteiger partial charge in [0, 0.05) is 38.5 Å². The molecule has 0 saturated carbocycles. The average molecular weight is 376 g/mol. The third-order valence-electron chi connectivity index (χ3n) is 4.81. The number of alkyl halides is 3. The molecule has 1 amide bonds. The van der Waals surface area contributed by atoms with E-state index in [1.54, 1.807) is 0 Å². The average Bonchev–Trinajstić information content (AvgIpc) is 2.92. The molecule has 0 aliphatic carbocycles. The van der Waals surface area contributed by atoms with Gasteiger partial charge in [-0.05, 0) is 33.6 Å². The van der Waals surface area contributed by atoms with Crippen LogP contribution in [0.2, 0.25) is 0 Å². The first-order valence-electron chi connectivity index (χ1n) is 8.84. The number of halogens is 3. The maximum absolute atomic E-state index is 13.4. The molecule has 1 saturated heterocycles. The van der Waals surface area contributed by atoms with Crippen molar-refractivity contribution in [1.29, 1.82) is 0 Å². The summed E-state index contributed by atoms with van der Waals surface area (Å²) in [6.45, 7) is 7.71. The second-order valence-electron chi connectivity index (χ2n) is 6.86. The van der Waals surface area contributed by atoms with Gasteiger partial charge in [-0.1, -0.05) is 0 Å². The molecule has 1 aromatic heterocycles. The largest absolute Gasteiger partial charge is 0.435 e. The molecule has 1 aliphatic rings. The van der Waals surface area contributed by atoms with Crippen LogP contribution in [0.3, 0.4) is 0 Å². The molecule has 0 aromatic carbocycles. The van der Waals surface area contributed by atoms with Crippen molar-refractivity contribution in [3.05, 3.63) is 17.0 Å². The summed E-state index contributed by atoms with van der Waals surface area (Å²) < 4.78 is 46.5. The van der Waals surface area contributed by atoms with E-state index in [1.807, 2.05) is 0 Å². The Bertz CT molecular complexity index is 620. The maximum Gasteiger partial charge on any atom is 0.435 e. The molecule has 0 bridgehead atoms. The van der Waals surface area contributed by atoms with E-state index in [0.29, 0.717) is 18.9 Å². The minimum atomic E-state index is -4.68. The molecule has 1 fully saturated rings. The zero-order chi connectivity index (χ0) is 19.5. The number of ether oxygens (including phenoxy) is 1. The van der Waals surface area contributed by atoms with Gasteiger partial charge in [-0.15, -0.1) is 0 Å². The number of aromatic nitrogens is 2. The molecule has 1 aromatic rings. The second-order valence-corrected chi connectivity index (χ2v) is 6.86. The summed E-state index contributed by atoms with van der Waals surface area (Å²) in [6.07, 6.45) is -3.26. The monoisotopic (exact) mass is 376 g/mol. The summed E-state index contributed by atoms with van der Waals surface area (Å²) in [6, 6.07) is 0.272. The normalized spacial score (nSPS) is 17.1. The highest BCUT2D eigenvalue weighted by Crippen LogP contribution is 2.35. The number of carbonyl (C=O) groups is 1. The highest BCUT2D eigenvalue weighted by molar-refractivity contribution is 5.96. The van der Waals surface area contributed by atoms with Crippen LogP contribution >= 0.6 is 0 Å². The van der Waals surface area contributed by atoms with E-state index in [4.69, 9.17) is 4.74 Å². The van der Waals surface area contributed by atoms with Crippen LogP contribution in [-0.4, -0.2) is 60.0 Å². The van der Waals surface area contributed by atoms with E-state index in [2.05, 4.69) is 29.2 Å². The van der Waals surface area contributed by atoms with E-state index >= 15 is 0 Å². The van der Waals surface area contributed by atoms with Crippen molar-refractivity contribution in [3.8, 4) is 0 Å². The Hall–Kier alpha value is -1.61. The van der Waals surface area contributed by atoms with E-state index < -0.39 is 17.8 Å². The van der Waals surface area contributed by atoms with E-state index in [0.717, 1.165) is 13.1 Å². The fourth-order valence-electron chi connectivity index (χ4n) is 3.35. The Balaban J connectivity index is 2.27. The Morgan fingerprint density at radius 1 is 1.35 bits per heavy atom. The molecule has 1 N–H and O–H groups in total. The van der Waals surface area contributed by atoms with Gasteiger partial charge in [-0.25, -0.2) is 0 Å².